The first-order valence-corrected chi connectivity index (χ1v) is 8.93. The molecule has 0 saturated heterocycles. The highest BCUT2D eigenvalue weighted by molar-refractivity contribution is 6.35. The predicted molar refractivity (Wildman–Crippen MR) is 102 cm³/mol. The van der Waals surface area contributed by atoms with E-state index < -0.39 is 0 Å². The molecule has 0 bridgehead atoms. The molecule has 0 unspecified atom stereocenters. The Hall–Kier alpha value is -2.37. The van der Waals surface area contributed by atoms with Crippen molar-refractivity contribution in [3.63, 3.8) is 0 Å². The van der Waals surface area contributed by atoms with Gasteiger partial charge in [0.05, 0.1) is 10.5 Å². The van der Waals surface area contributed by atoms with Crippen molar-refractivity contribution in [1.29, 1.82) is 0 Å². The van der Waals surface area contributed by atoms with Crippen LogP contribution in [0.1, 0.15) is 11.3 Å². The van der Waals surface area contributed by atoms with Crippen LogP contribution in [0.25, 0.3) is 10.9 Å². The van der Waals surface area contributed by atoms with Crippen LogP contribution in [0.2, 0.25) is 5.02 Å². The first-order valence-electron chi connectivity index (χ1n) is 8.55. The highest BCUT2D eigenvalue weighted by Gasteiger charge is 2.24. The number of anilines is 1. The van der Waals surface area contributed by atoms with Crippen LogP contribution in [0.5, 0.6) is 0 Å². The number of aromatic nitrogens is 1. The number of hydrogen-bond donors (Lipinski definition) is 1. The Morgan fingerprint density at radius 2 is 2.00 bits per heavy atom. The van der Waals surface area contributed by atoms with E-state index in [4.69, 9.17) is 11.6 Å². The van der Waals surface area contributed by atoms with Crippen LogP contribution in [0.4, 0.5) is 10.1 Å². The Kier molecular flexibility index (Phi) is 4.42. The van der Waals surface area contributed by atoms with Crippen LogP contribution in [-0.2, 0) is 24.3 Å². The highest BCUT2D eigenvalue weighted by Crippen LogP contribution is 2.35. The summed E-state index contributed by atoms with van der Waals surface area (Å²) >= 11 is 6.46. The van der Waals surface area contributed by atoms with Crippen molar-refractivity contribution in [3.05, 3.63) is 64.6 Å². The average Bonchev–Trinajstić information content (AvgIpc) is 2.91. The monoisotopic (exact) mass is 371 g/mol. The average molecular weight is 372 g/mol. The van der Waals surface area contributed by atoms with E-state index in [0.29, 0.717) is 5.69 Å². The van der Waals surface area contributed by atoms with Gasteiger partial charge in [-0.1, -0.05) is 17.7 Å². The molecule has 0 radical (unpaired) electrons. The fourth-order valence-corrected chi connectivity index (χ4v) is 3.92. The van der Waals surface area contributed by atoms with Gasteiger partial charge in [-0.25, -0.2) is 4.39 Å². The minimum absolute atomic E-state index is 0.149. The van der Waals surface area contributed by atoms with Crippen LogP contribution in [-0.4, -0.2) is 29.0 Å². The zero-order valence-electron chi connectivity index (χ0n) is 14.4. The molecule has 4 rings (SSSR count). The fraction of sp³-hybridized carbons (Fsp3) is 0.250. The number of fused-ring (bicyclic) bond motifs is 3. The lowest BCUT2D eigenvalue weighted by atomic mass is 10.0. The van der Waals surface area contributed by atoms with Gasteiger partial charge in [0.1, 0.15) is 12.4 Å². The second kappa shape index (κ2) is 6.74. The van der Waals surface area contributed by atoms with Gasteiger partial charge in [-0.2, -0.15) is 0 Å². The number of halogens is 2. The first kappa shape index (κ1) is 17.1. The van der Waals surface area contributed by atoms with E-state index in [-0.39, 0.29) is 18.3 Å². The fourth-order valence-electron chi connectivity index (χ4n) is 3.63. The second-order valence-electron chi connectivity index (χ2n) is 6.69. The number of rotatable bonds is 3. The lowest BCUT2D eigenvalue weighted by Gasteiger charge is -2.24. The van der Waals surface area contributed by atoms with Gasteiger partial charge in [-0.3, -0.25) is 4.79 Å². The molecule has 1 N–H and O–H groups in total. The van der Waals surface area contributed by atoms with Crippen LogP contribution < -0.4 is 5.32 Å². The summed E-state index contributed by atoms with van der Waals surface area (Å²) in [5, 5.41) is 4.60. The number of nitrogens with one attached hydrogen (secondary N) is 1. The van der Waals surface area contributed by atoms with E-state index in [9.17, 15) is 9.18 Å². The lowest BCUT2D eigenvalue weighted by molar-refractivity contribution is -0.116. The van der Waals surface area contributed by atoms with Gasteiger partial charge < -0.3 is 14.8 Å². The predicted octanol–water partition coefficient (Wildman–Crippen LogP) is 4.06. The molecule has 0 saturated carbocycles. The molecule has 1 aromatic heterocycles. The molecule has 3 aromatic rings. The van der Waals surface area contributed by atoms with E-state index in [1.807, 2.05) is 22.8 Å². The van der Waals surface area contributed by atoms with Crippen molar-refractivity contribution in [1.82, 2.24) is 9.47 Å². The minimum Gasteiger partial charge on any atom is -0.334 e. The van der Waals surface area contributed by atoms with Crippen molar-refractivity contribution >= 4 is 34.1 Å². The van der Waals surface area contributed by atoms with Gasteiger partial charge in [0.25, 0.3) is 0 Å². The van der Waals surface area contributed by atoms with Crippen molar-refractivity contribution in [2.24, 2.45) is 0 Å². The second-order valence-corrected chi connectivity index (χ2v) is 7.10. The summed E-state index contributed by atoms with van der Waals surface area (Å²) in [5.41, 5.74) is 3.93. The number of carbonyl (C=O) groups excluding carboxylic acids is 1. The van der Waals surface area contributed by atoms with Crippen LogP contribution in [0.15, 0.2) is 42.5 Å². The highest BCUT2D eigenvalue weighted by atomic mass is 35.5. The molecule has 1 amide bonds. The largest absolute Gasteiger partial charge is 0.334 e. The zero-order chi connectivity index (χ0) is 18.3. The molecule has 0 atom stereocenters. The smallest absolute Gasteiger partial charge is 0.244 e. The number of amides is 1. The van der Waals surface area contributed by atoms with E-state index in [1.165, 1.54) is 17.7 Å². The maximum atomic E-state index is 13.0. The molecule has 1 aliphatic heterocycles. The summed E-state index contributed by atoms with van der Waals surface area (Å²) in [7, 11) is 2.07. The van der Waals surface area contributed by atoms with E-state index in [0.717, 1.165) is 41.1 Å². The van der Waals surface area contributed by atoms with E-state index in [2.05, 4.69) is 17.3 Å². The standard InChI is InChI=1S/C20H19ClFN3O/c1-24-10-9-15-18(11-24)25(17-4-2-3-16(21)20(15)17)12-19(26)23-14-7-5-13(22)6-8-14/h2-8H,9-12H2,1H3,(H,23,26). The Labute approximate surface area is 156 Å². The lowest BCUT2D eigenvalue weighted by Crippen LogP contribution is -2.29. The molecule has 4 nitrogen and oxygen atoms in total. The van der Waals surface area contributed by atoms with Gasteiger partial charge in [-0.05, 0) is 55.4 Å². The summed E-state index contributed by atoms with van der Waals surface area (Å²) in [4.78, 5) is 14.8. The Bertz CT molecular complexity index is 981. The zero-order valence-corrected chi connectivity index (χ0v) is 15.2. The number of likely N-dealkylation sites (N-methyl/N-ethyl adjacent to an activating group) is 1. The Morgan fingerprint density at radius 3 is 2.77 bits per heavy atom. The molecule has 2 heterocycles. The topological polar surface area (TPSA) is 37.3 Å². The number of nitrogens with zero attached hydrogens (tertiary/aromatic N) is 2. The number of carbonyl (C=O) groups is 1. The van der Waals surface area contributed by atoms with Crippen molar-refractivity contribution in [3.8, 4) is 0 Å². The van der Waals surface area contributed by atoms with Gasteiger partial charge >= 0.3 is 0 Å². The van der Waals surface area contributed by atoms with E-state index in [1.54, 1.807) is 12.1 Å². The van der Waals surface area contributed by atoms with Gasteiger partial charge in [0.15, 0.2) is 0 Å². The van der Waals surface area contributed by atoms with Crippen LogP contribution >= 0.6 is 11.6 Å². The van der Waals surface area contributed by atoms with Gasteiger partial charge in [0.2, 0.25) is 5.91 Å². The SMILES string of the molecule is CN1CCc2c(n(CC(=O)Nc3ccc(F)cc3)c3cccc(Cl)c23)C1. The summed E-state index contributed by atoms with van der Waals surface area (Å²) < 4.78 is 15.1. The van der Waals surface area contributed by atoms with Gasteiger partial charge in [0, 0.05) is 29.9 Å². The third-order valence-electron chi connectivity index (χ3n) is 4.85. The van der Waals surface area contributed by atoms with Gasteiger partial charge in [-0.15, -0.1) is 0 Å². The van der Waals surface area contributed by atoms with Crippen LogP contribution in [0, 0.1) is 5.82 Å². The van der Waals surface area contributed by atoms with Crippen molar-refractivity contribution < 1.29 is 9.18 Å². The molecule has 0 aliphatic carbocycles. The molecule has 0 spiro atoms. The molecule has 6 heteroatoms. The Morgan fingerprint density at radius 1 is 1.23 bits per heavy atom. The number of hydrogen-bond acceptors (Lipinski definition) is 2. The molecule has 134 valence electrons. The quantitative estimate of drug-likeness (QED) is 0.753. The molecule has 2 aromatic carbocycles. The summed E-state index contributed by atoms with van der Waals surface area (Å²) in [6.45, 7) is 1.95. The van der Waals surface area contributed by atoms with E-state index >= 15 is 0 Å². The number of benzene rings is 2. The first-order chi connectivity index (χ1) is 12.5. The molecule has 0 fully saturated rings. The Balaban J connectivity index is 1.69. The van der Waals surface area contributed by atoms with Crippen LogP contribution in [0.3, 0.4) is 0 Å². The minimum atomic E-state index is -0.328. The molecular weight excluding hydrogens is 353 g/mol. The third kappa shape index (κ3) is 3.08. The normalized spacial score (nSPS) is 14.4. The van der Waals surface area contributed by atoms with Crippen molar-refractivity contribution in [2.75, 3.05) is 18.9 Å². The molecular formula is C20H19ClFN3O. The maximum absolute atomic E-state index is 13.0. The summed E-state index contributed by atoms with van der Waals surface area (Å²) in [5.74, 6) is -0.476. The molecule has 1 aliphatic rings. The summed E-state index contributed by atoms with van der Waals surface area (Å²) in [6.07, 6.45) is 0.915. The summed E-state index contributed by atoms with van der Waals surface area (Å²) in [6, 6.07) is 11.6. The molecule has 26 heavy (non-hydrogen) atoms. The maximum Gasteiger partial charge on any atom is 0.244 e. The third-order valence-corrected chi connectivity index (χ3v) is 5.17. The van der Waals surface area contributed by atoms with Crippen molar-refractivity contribution in [2.45, 2.75) is 19.5 Å².